The number of nitrogens with zero attached hydrogens (tertiary/aromatic N) is 3. The molecule has 0 spiro atoms. The minimum absolute atomic E-state index is 0.899. The molecule has 1 aliphatic heterocycles. The molecule has 0 radical (unpaired) electrons. The fourth-order valence-corrected chi connectivity index (χ4v) is 2.60. The monoisotopic (exact) mass is 211 g/mol. The van der Waals surface area contributed by atoms with Gasteiger partial charge in [-0.3, -0.25) is 4.68 Å². The highest BCUT2D eigenvalue weighted by atomic mass is 32.2. The Morgan fingerprint density at radius 2 is 2.14 bits per heavy atom. The van der Waals surface area contributed by atoms with Crippen molar-refractivity contribution in [2.75, 3.05) is 13.1 Å². The van der Waals surface area contributed by atoms with Crippen molar-refractivity contribution in [2.24, 2.45) is 13.0 Å². The van der Waals surface area contributed by atoms with Gasteiger partial charge in [0.15, 0.2) is 0 Å². The van der Waals surface area contributed by atoms with Gasteiger partial charge in [-0.2, -0.15) is 5.10 Å². The van der Waals surface area contributed by atoms with E-state index in [1.54, 1.807) is 11.9 Å². The summed E-state index contributed by atoms with van der Waals surface area (Å²) in [4.78, 5) is 0. The van der Waals surface area contributed by atoms with Gasteiger partial charge in [-0.25, -0.2) is 4.31 Å². The van der Waals surface area contributed by atoms with Gasteiger partial charge in [-0.1, -0.05) is 6.92 Å². The van der Waals surface area contributed by atoms with Crippen LogP contribution < -0.4 is 0 Å². The maximum Gasteiger partial charge on any atom is 0.133 e. The van der Waals surface area contributed by atoms with Crippen LogP contribution in [-0.4, -0.2) is 27.2 Å². The standard InChI is InChI=1S/C10H17N3S/c1-9-3-7-13(8-4-9)14-10-5-6-12(2)11-10/h5-6,9H,3-4,7-8H2,1-2H3. The lowest BCUT2D eigenvalue weighted by Crippen LogP contribution is -2.27. The maximum atomic E-state index is 4.36. The van der Waals surface area contributed by atoms with E-state index in [-0.39, 0.29) is 0 Å². The molecule has 0 N–H and O–H groups in total. The molecule has 1 saturated heterocycles. The lowest BCUT2D eigenvalue weighted by molar-refractivity contribution is 0.308. The Morgan fingerprint density at radius 3 is 2.71 bits per heavy atom. The molecule has 0 amide bonds. The van der Waals surface area contributed by atoms with Crippen LogP contribution in [0.25, 0.3) is 0 Å². The molecular formula is C10H17N3S. The van der Waals surface area contributed by atoms with E-state index in [0.717, 1.165) is 10.9 Å². The van der Waals surface area contributed by atoms with Crippen LogP contribution in [0.5, 0.6) is 0 Å². The first kappa shape index (κ1) is 10.1. The summed E-state index contributed by atoms with van der Waals surface area (Å²) in [5, 5.41) is 5.47. The summed E-state index contributed by atoms with van der Waals surface area (Å²) < 4.78 is 4.28. The second kappa shape index (κ2) is 4.36. The first-order chi connectivity index (χ1) is 6.74. The lowest BCUT2D eigenvalue weighted by atomic mass is 10.0. The lowest BCUT2D eigenvalue weighted by Gasteiger charge is -2.28. The second-order valence-corrected chi connectivity index (χ2v) is 5.15. The number of aryl methyl sites for hydroxylation is 1. The molecule has 3 nitrogen and oxygen atoms in total. The van der Waals surface area contributed by atoms with E-state index in [1.165, 1.54) is 25.9 Å². The van der Waals surface area contributed by atoms with Gasteiger partial charge in [0.1, 0.15) is 5.03 Å². The second-order valence-electron chi connectivity index (χ2n) is 4.03. The van der Waals surface area contributed by atoms with E-state index in [0.29, 0.717) is 0 Å². The Labute approximate surface area is 89.6 Å². The van der Waals surface area contributed by atoms with Crippen molar-refractivity contribution in [1.82, 2.24) is 14.1 Å². The molecule has 1 fully saturated rings. The summed E-state index contributed by atoms with van der Waals surface area (Å²) in [5.74, 6) is 0.899. The average Bonchev–Trinajstić information content (AvgIpc) is 2.56. The number of aromatic nitrogens is 2. The molecule has 1 aromatic heterocycles. The molecule has 2 rings (SSSR count). The van der Waals surface area contributed by atoms with Gasteiger partial charge in [-0.05, 0) is 36.8 Å². The molecule has 4 heteroatoms. The van der Waals surface area contributed by atoms with Crippen molar-refractivity contribution in [3.63, 3.8) is 0 Å². The van der Waals surface area contributed by atoms with Crippen molar-refractivity contribution in [3.8, 4) is 0 Å². The van der Waals surface area contributed by atoms with Crippen LogP contribution >= 0.6 is 11.9 Å². The van der Waals surface area contributed by atoms with Crippen LogP contribution in [0.3, 0.4) is 0 Å². The van der Waals surface area contributed by atoms with Gasteiger partial charge < -0.3 is 0 Å². The Hall–Kier alpha value is -0.480. The number of hydrogen-bond donors (Lipinski definition) is 0. The van der Waals surface area contributed by atoms with Crippen molar-refractivity contribution < 1.29 is 0 Å². The molecular weight excluding hydrogens is 194 g/mol. The molecule has 0 aliphatic carbocycles. The Morgan fingerprint density at radius 1 is 1.43 bits per heavy atom. The Bertz CT molecular complexity index is 289. The summed E-state index contributed by atoms with van der Waals surface area (Å²) in [6, 6.07) is 2.07. The first-order valence-corrected chi connectivity index (χ1v) is 5.94. The van der Waals surface area contributed by atoms with Gasteiger partial charge in [0.25, 0.3) is 0 Å². The molecule has 0 unspecified atom stereocenters. The van der Waals surface area contributed by atoms with Crippen LogP contribution in [0, 0.1) is 5.92 Å². The zero-order valence-electron chi connectivity index (χ0n) is 8.81. The van der Waals surface area contributed by atoms with Gasteiger partial charge in [0.2, 0.25) is 0 Å². The maximum absolute atomic E-state index is 4.36. The summed E-state index contributed by atoms with van der Waals surface area (Å²) in [7, 11) is 1.96. The van der Waals surface area contributed by atoms with E-state index < -0.39 is 0 Å². The smallest absolute Gasteiger partial charge is 0.133 e. The van der Waals surface area contributed by atoms with Crippen molar-refractivity contribution in [3.05, 3.63) is 12.3 Å². The van der Waals surface area contributed by atoms with Gasteiger partial charge in [-0.15, -0.1) is 0 Å². The normalized spacial score (nSPS) is 20.1. The van der Waals surface area contributed by atoms with E-state index in [9.17, 15) is 0 Å². The molecule has 2 heterocycles. The Balaban J connectivity index is 1.86. The van der Waals surface area contributed by atoms with Gasteiger partial charge in [0, 0.05) is 26.3 Å². The molecule has 0 saturated carbocycles. The topological polar surface area (TPSA) is 21.1 Å². The van der Waals surface area contributed by atoms with Crippen LogP contribution in [0.15, 0.2) is 17.3 Å². The van der Waals surface area contributed by atoms with E-state index in [4.69, 9.17) is 0 Å². The minimum atomic E-state index is 0.899. The molecule has 78 valence electrons. The highest BCUT2D eigenvalue weighted by Gasteiger charge is 2.17. The predicted molar refractivity (Wildman–Crippen MR) is 59.0 cm³/mol. The molecule has 0 bridgehead atoms. The van der Waals surface area contributed by atoms with Crippen LogP contribution in [-0.2, 0) is 7.05 Å². The predicted octanol–water partition coefficient (Wildman–Crippen LogP) is 2.16. The summed E-state index contributed by atoms with van der Waals surface area (Å²) >= 11 is 1.79. The van der Waals surface area contributed by atoms with Gasteiger partial charge >= 0.3 is 0 Å². The highest BCUT2D eigenvalue weighted by Crippen LogP contribution is 2.26. The number of hydrogen-bond acceptors (Lipinski definition) is 3. The van der Waals surface area contributed by atoms with E-state index >= 15 is 0 Å². The van der Waals surface area contributed by atoms with Crippen LogP contribution in [0.1, 0.15) is 19.8 Å². The molecule has 0 aromatic carbocycles. The van der Waals surface area contributed by atoms with Gasteiger partial charge in [0.05, 0.1) is 0 Å². The molecule has 1 aromatic rings. The van der Waals surface area contributed by atoms with Crippen molar-refractivity contribution in [1.29, 1.82) is 0 Å². The molecule has 1 aliphatic rings. The van der Waals surface area contributed by atoms with E-state index in [2.05, 4.69) is 22.4 Å². The summed E-state index contributed by atoms with van der Waals surface area (Å²) in [5.41, 5.74) is 0. The number of rotatable bonds is 2. The average molecular weight is 211 g/mol. The van der Waals surface area contributed by atoms with Crippen LogP contribution in [0.2, 0.25) is 0 Å². The SMILES string of the molecule is CC1CCN(Sc2ccn(C)n2)CC1. The Kier molecular flexibility index (Phi) is 3.13. The third-order valence-electron chi connectivity index (χ3n) is 2.65. The zero-order valence-corrected chi connectivity index (χ0v) is 9.63. The first-order valence-electron chi connectivity index (χ1n) is 5.16. The molecule has 0 atom stereocenters. The van der Waals surface area contributed by atoms with Crippen molar-refractivity contribution >= 4 is 11.9 Å². The minimum Gasteiger partial charge on any atom is -0.275 e. The third-order valence-corrected chi connectivity index (χ3v) is 3.68. The fraction of sp³-hybridized carbons (Fsp3) is 0.700. The van der Waals surface area contributed by atoms with Crippen LogP contribution in [0.4, 0.5) is 0 Å². The quantitative estimate of drug-likeness (QED) is 0.699. The third kappa shape index (κ3) is 2.51. The highest BCUT2D eigenvalue weighted by molar-refractivity contribution is 7.97. The largest absolute Gasteiger partial charge is 0.275 e. The van der Waals surface area contributed by atoms with Crippen molar-refractivity contribution in [2.45, 2.75) is 24.8 Å². The zero-order chi connectivity index (χ0) is 9.97. The molecule has 14 heavy (non-hydrogen) atoms. The number of piperidine rings is 1. The fourth-order valence-electron chi connectivity index (χ4n) is 1.65. The van der Waals surface area contributed by atoms with E-state index in [1.807, 2.05) is 17.9 Å². The summed E-state index contributed by atoms with van der Waals surface area (Å²) in [6.07, 6.45) is 4.63. The summed E-state index contributed by atoms with van der Waals surface area (Å²) in [6.45, 7) is 4.73.